The number of nitrogens with two attached hydrogens (primary N) is 2. The summed E-state index contributed by atoms with van der Waals surface area (Å²) < 4.78 is 4.38. The van der Waals surface area contributed by atoms with Gasteiger partial charge in [-0.15, -0.1) is 0 Å². The fourth-order valence-corrected chi connectivity index (χ4v) is 2.82. The first-order valence-electron chi connectivity index (χ1n) is 8.94. The smallest absolute Gasteiger partial charge is 0.243 e. The van der Waals surface area contributed by atoms with Gasteiger partial charge in [0.1, 0.15) is 18.9 Å². The first-order valence-corrected chi connectivity index (χ1v) is 8.94. The van der Waals surface area contributed by atoms with Gasteiger partial charge in [0.05, 0.1) is 35.8 Å². The lowest BCUT2D eigenvalue weighted by atomic mass is 10.2. The van der Waals surface area contributed by atoms with Crippen LogP contribution in [0.4, 0.5) is 22.7 Å². The molecule has 0 unspecified atom stereocenters. The Hall–Kier alpha value is -3.15. The summed E-state index contributed by atoms with van der Waals surface area (Å²) in [6.07, 6.45) is 7.36. The fraction of sp³-hybridized carbons (Fsp3) is 0.250. The van der Waals surface area contributed by atoms with E-state index in [1.165, 1.54) is 0 Å². The van der Waals surface area contributed by atoms with E-state index in [9.17, 15) is 0 Å². The van der Waals surface area contributed by atoms with E-state index >= 15 is 0 Å². The summed E-state index contributed by atoms with van der Waals surface area (Å²) >= 11 is 0. The lowest BCUT2D eigenvalue weighted by molar-refractivity contribution is -0.693. The van der Waals surface area contributed by atoms with Crippen LogP contribution in [-0.2, 0) is 13.1 Å². The molecule has 0 fully saturated rings. The number of nitrogens with one attached hydrogen (secondary N) is 2. The predicted molar refractivity (Wildman–Crippen MR) is 108 cm³/mol. The molecule has 0 bridgehead atoms. The number of aryl methyl sites for hydroxylation is 1. The lowest BCUT2D eigenvalue weighted by Gasteiger charge is -2.08. The quantitative estimate of drug-likeness (QED) is 0.271. The maximum absolute atomic E-state index is 5.94. The molecule has 1 aromatic heterocycles. The predicted octanol–water partition coefficient (Wildman–Crippen LogP) is 2.55. The Morgan fingerprint density at radius 1 is 0.846 bits per heavy atom. The zero-order chi connectivity index (χ0) is 18.2. The Kier molecular flexibility index (Phi) is 5.98. The molecule has 3 aromatic rings. The van der Waals surface area contributed by atoms with Gasteiger partial charge >= 0.3 is 0 Å². The molecule has 2 aromatic carbocycles. The second kappa shape index (κ2) is 8.80. The van der Waals surface area contributed by atoms with Gasteiger partial charge in [-0.3, -0.25) is 0 Å². The second-order valence-corrected chi connectivity index (χ2v) is 6.27. The number of nitrogen functional groups attached to an aromatic ring is 2. The zero-order valence-corrected chi connectivity index (χ0v) is 14.9. The van der Waals surface area contributed by atoms with E-state index in [0.717, 1.165) is 55.3 Å². The van der Waals surface area contributed by atoms with Crippen molar-refractivity contribution in [2.24, 2.45) is 0 Å². The van der Waals surface area contributed by atoms with Gasteiger partial charge < -0.3 is 22.1 Å². The highest BCUT2D eigenvalue weighted by atomic mass is 15.1. The average Bonchev–Trinajstić information content (AvgIpc) is 3.09. The highest BCUT2D eigenvalue weighted by molar-refractivity contribution is 5.66. The van der Waals surface area contributed by atoms with Crippen molar-refractivity contribution in [1.82, 2.24) is 4.57 Å². The van der Waals surface area contributed by atoms with E-state index in [0.29, 0.717) is 0 Å². The van der Waals surface area contributed by atoms with Gasteiger partial charge in [0.25, 0.3) is 0 Å². The van der Waals surface area contributed by atoms with E-state index < -0.39 is 0 Å². The van der Waals surface area contributed by atoms with Crippen LogP contribution in [-0.4, -0.2) is 17.7 Å². The van der Waals surface area contributed by atoms with Gasteiger partial charge in [-0.05, 0) is 24.3 Å². The van der Waals surface area contributed by atoms with Gasteiger partial charge in [-0.25, -0.2) is 9.13 Å². The second-order valence-electron chi connectivity index (χ2n) is 6.27. The fourth-order valence-electron chi connectivity index (χ4n) is 2.82. The van der Waals surface area contributed by atoms with Crippen LogP contribution in [0, 0.1) is 0 Å². The summed E-state index contributed by atoms with van der Waals surface area (Å²) in [7, 11) is 0. The van der Waals surface area contributed by atoms with Crippen molar-refractivity contribution in [1.29, 1.82) is 0 Å². The third kappa shape index (κ3) is 4.92. The van der Waals surface area contributed by atoms with Crippen molar-refractivity contribution in [3.05, 3.63) is 67.3 Å². The first-order chi connectivity index (χ1) is 12.7. The number of hydrogen-bond acceptors (Lipinski definition) is 4. The zero-order valence-electron chi connectivity index (χ0n) is 14.9. The molecular weight excluding hydrogens is 324 g/mol. The van der Waals surface area contributed by atoms with Crippen LogP contribution in [0.25, 0.3) is 0 Å². The Morgan fingerprint density at radius 2 is 1.46 bits per heavy atom. The Labute approximate surface area is 154 Å². The molecule has 0 amide bonds. The van der Waals surface area contributed by atoms with Crippen molar-refractivity contribution in [2.45, 2.75) is 19.5 Å². The van der Waals surface area contributed by atoms with E-state index in [1.807, 2.05) is 48.5 Å². The summed E-state index contributed by atoms with van der Waals surface area (Å²) in [5.41, 5.74) is 15.4. The van der Waals surface area contributed by atoms with E-state index in [2.05, 4.69) is 38.5 Å². The highest BCUT2D eigenvalue weighted by Gasteiger charge is 2.04. The van der Waals surface area contributed by atoms with Crippen molar-refractivity contribution in [3.8, 4) is 0 Å². The van der Waals surface area contributed by atoms with Crippen molar-refractivity contribution in [3.63, 3.8) is 0 Å². The van der Waals surface area contributed by atoms with E-state index in [4.69, 9.17) is 11.5 Å². The lowest BCUT2D eigenvalue weighted by Crippen LogP contribution is -2.35. The van der Waals surface area contributed by atoms with Gasteiger partial charge in [-0.1, -0.05) is 24.3 Å². The van der Waals surface area contributed by atoms with Crippen LogP contribution >= 0.6 is 0 Å². The number of benzene rings is 2. The molecule has 136 valence electrons. The summed E-state index contributed by atoms with van der Waals surface area (Å²) in [6.45, 7) is 3.57. The van der Waals surface area contributed by atoms with Crippen LogP contribution in [0.2, 0.25) is 0 Å². The normalized spacial score (nSPS) is 10.6. The molecule has 6 N–H and O–H groups in total. The minimum absolute atomic E-state index is 0.779. The van der Waals surface area contributed by atoms with Gasteiger partial charge in [0.15, 0.2) is 0 Å². The molecule has 0 saturated heterocycles. The first kappa shape index (κ1) is 17.7. The van der Waals surface area contributed by atoms with Crippen LogP contribution in [0.3, 0.4) is 0 Å². The SMILES string of the molecule is Nc1ccccc1NCCCn1cc[n+](CCNc2ccccc2N)c1. The molecule has 0 atom stereocenters. The number of anilines is 4. The number of para-hydroxylation sites is 4. The van der Waals surface area contributed by atoms with E-state index in [-0.39, 0.29) is 0 Å². The van der Waals surface area contributed by atoms with Crippen LogP contribution in [0.1, 0.15) is 6.42 Å². The Balaban J connectivity index is 1.38. The number of nitrogens with zero attached hydrogens (tertiary/aromatic N) is 2. The van der Waals surface area contributed by atoms with Gasteiger partial charge in [-0.2, -0.15) is 0 Å². The molecule has 0 aliphatic heterocycles. The third-order valence-electron chi connectivity index (χ3n) is 4.26. The number of imidazole rings is 1. The van der Waals surface area contributed by atoms with E-state index in [1.54, 1.807) is 0 Å². The third-order valence-corrected chi connectivity index (χ3v) is 4.26. The molecule has 0 aliphatic rings. The molecule has 6 nitrogen and oxygen atoms in total. The largest absolute Gasteiger partial charge is 0.397 e. The molecule has 26 heavy (non-hydrogen) atoms. The minimum Gasteiger partial charge on any atom is -0.397 e. The Bertz CT molecular complexity index is 826. The van der Waals surface area contributed by atoms with Crippen molar-refractivity contribution in [2.75, 3.05) is 35.2 Å². The molecule has 6 heteroatoms. The monoisotopic (exact) mass is 351 g/mol. The minimum atomic E-state index is 0.779. The van der Waals surface area contributed by atoms with Gasteiger partial charge in [0, 0.05) is 13.0 Å². The topological polar surface area (TPSA) is 84.9 Å². The molecule has 0 aliphatic carbocycles. The van der Waals surface area contributed by atoms with Crippen LogP contribution in [0.5, 0.6) is 0 Å². The average molecular weight is 351 g/mol. The molecule has 0 saturated carbocycles. The maximum Gasteiger partial charge on any atom is 0.243 e. The van der Waals surface area contributed by atoms with Crippen LogP contribution < -0.4 is 26.7 Å². The summed E-state index contributed by atoms with van der Waals surface area (Å²) in [5, 5.41) is 6.75. The number of hydrogen-bond donors (Lipinski definition) is 4. The molecule has 0 spiro atoms. The standard InChI is InChI=1S/C20H27N6/c21-17-6-1-3-8-19(17)23-10-5-12-25-14-15-26(16-25)13-11-24-20-9-4-2-7-18(20)22/h1-4,6-9,14-16,23-24H,5,10-13,21-22H2/q+1. The maximum atomic E-state index is 5.94. The number of aromatic nitrogens is 2. The molecule has 3 rings (SSSR count). The van der Waals surface area contributed by atoms with Crippen molar-refractivity contribution >= 4 is 22.7 Å². The van der Waals surface area contributed by atoms with Gasteiger partial charge in [0.2, 0.25) is 6.33 Å². The highest BCUT2D eigenvalue weighted by Crippen LogP contribution is 2.16. The molecule has 0 radical (unpaired) electrons. The van der Waals surface area contributed by atoms with Crippen LogP contribution in [0.15, 0.2) is 67.3 Å². The molecule has 1 heterocycles. The van der Waals surface area contributed by atoms with Crippen molar-refractivity contribution < 1.29 is 4.57 Å². The Morgan fingerprint density at radius 3 is 2.12 bits per heavy atom. The number of rotatable bonds is 9. The summed E-state index contributed by atoms with van der Waals surface area (Å²) in [4.78, 5) is 0. The molecular formula is C20H27N6+. The summed E-state index contributed by atoms with van der Waals surface area (Å²) in [5.74, 6) is 0. The summed E-state index contributed by atoms with van der Waals surface area (Å²) in [6, 6.07) is 15.7.